The Bertz CT molecular complexity index is 818. The second-order valence-corrected chi connectivity index (χ2v) is 5.47. The summed E-state index contributed by atoms with van der Waals surface area (Å²) in [5.74, 6) is 0.120. The second kappa shape index (κ2) is 9.98. The summed E-state index contributed by atoms with van der Waals surface area (Å²) in [6.07, 6.45) is 1.52. The molecule has 2 amide bonds. The summed E-state index contributed by atoms with van der Waals surface area (Å²) in [5, 5.41) is 14.1. The van der Waals surface area contributed by atoms with Crippen LogP contribution in [-0.2, 0) is 4.79 Å². The lowest BCUT2D eigenvalue weighted by Crippen LogP contribution is -2.36. The van der Waals surface area contributed by atoms with E-state index in [-0.39, 0.29) is 18.8 Å². The van der Waals surface area contributed by atoms with Crippen LogP contribution >= 0.6 is 0 Å². The van der Waals surface area contributed by atoms with E-state index in [2.05, 4.69) is 10.6 Å². The molecule has 0 spiro atoms. The van der Waals surface area contributed by atoms with Crippen LogP contribution in [0.2, 0.25) is 0 Å². The van der Waals surface area contributed by atoms with Crippen LogP contribution in [0.3, 0.4) is 0 Å². The zero-order valence-electron chi connectivity index (χ0n) is 15.2. The van der Waals surface area contributed by atoms with E-state index in [1.54, 1.807) is 48.5 Å². The van der Waals surface area contributed by atoms with Gasteiger partial charge < -0.3 is 25.2 Å². The topological polar surface area (TPSA) is 96.9 Å². The number of carbonyl (C=O) groups excluding carboxylic acids is 2. The molecule has 0 radical (unpaired) electrons. The van der Waals surface area contributed by atoms with Crippen molar-refractivity contribution in [2.24, 2.45) is 0 Å². The summed E-state index contributed by atoms with van der Waals surface area (Å²) in [5.41, 5.74) is 1.10. The maximum atomic E-state index is 12.4. The molecule has 0 fully saturated rings. The summed E-state index contributed by atoms with van der Waals surface area (Å²) >= 11 is 0. The number of hydrogen-bond acceptors (Lipinski definition) is 5. The van der Waals surface area contributed by atoms with E-state index in [1.165, 1.54) is 20.3 Å². The average Bonchev–Trinajstić information content (AvgIpc) is 2.71. The predicted octanol–water partition coefficient (Wildman–Crippen LogP) is 1.58. The average molecular weight is 370 g/mol. The summed E-state index contributed by atoms with van der Waals surface area (Å²) in [6.45, 7) is -0.134. The predicted molar refractivity (Wildman–Crippen MR) is 102 cm³/mol. The lowest BCUT2D eigenvalue weighted by molar-refractivity contribution is -0.117. The van der Waals surface area contributed by atoms with Crippen molar-refractivity contribution in [2.75, 3.05) is 27.4 Å². The van der Waals surface area contributed by atoms with Crippen molar-refractivity contribution in [1.82, 2.24) is 10.6 Å². The monoisotopic (exact) mass is 370 g/mol. The maximum absolute atomic E-state index is 12.4. The van der Waals surface area contributed by atoms with Gasteiger partial charge in [-0.3, -0.25) is 9.59 Å². The molecule has 0 aliphatic heterocycles. The van der Waals surface area contributed by atoms with Crippen LogP contribution in [0.15, 0.2) is 54.2 Å². The Morgan fingerprint density at radius 2 is 1.74 bits per heavy atom. The Kier molecular flexibility index (Phi) is 7.39. The Labute approximate surface area is 157 Å². The van der Waals surface area contributed by atoms with Crippen LogP contribution in [-0.4, -0.2) is 44.3 Å². The molecular weight excluding hydrogens is 348 g/mol. The van der Waals surface area contributed by atoms with E-state index in [0.717, 1.165) is 0 Å². The van der Waals surface area contributed by atoms with E-state index in [9.17, 15) is 9.59 Å². The molecule has 0 saturated carbocycles. The van der Waals surface area contributed by atoms with Crippen LogP contribution < -0.4 is 20.1 Å². The third kappa shape index (κ3) is 5.58. The highest BCUT2D eigenvalue weighted by atomic mass is 16.5. The smallest absolute Gasteiger partial charge is 0.267 e. The zero-order chi connectivity index (χ0) is 19.6. The molecule has 0 atom stereocenters. The molecular formula is C20H22N2O5. The molecule has 0 unspecified atom stereocenters. The summed E-state index contributed by atoms with van der Waals surface area (Å²) in [7, 11) is 3.04. The normalized spacial score (nSPS) is 10.9. The number of benzene rings is 2. The van der Waals surface area contributed by atoms with Crippen LogP contribution in [0.4, 0.5) is 0 Å². The fraction of sp³-hybridized carbons (Fsp3) is 0.200. The van der Waals surface area contributed by atoms with Gasteiger partial charge in [-0.15, -0.1) is 0 Å². The minimum absolute atomic E-state index is 0.0459. The largest absolute Gasteiger partial charge is 0.493 e. The maximum Gasteiger partial charge on any atom is 0.267 e. The van der Waals surface area contributed by atoms with Gasteiger partial charge in [0.15, 0.2) is 11.5 Å². The zero-order valence-corrected chi connectivity index (χ0v) is 15.2. The van der Waals surface area contributed by atoms with Gasteiger partial charge in [0.25, 0.3) is 11.8 Å². The SMILES string of the molecule is COc1ccc(C=C(NC(=O)c2ccccc2)C(=O)NCCO)cc1OC. The second-order valence-electron chi connectivity index (χ2n) is 5.47. The van der Waals surface area contributed by atoms with E-state index in [0.29, 0.717) is 22.6 Å². The van der Waals surface area contributed by atoms with E-state index in [4.69, 9.17) is 14.6 Å². The molecule has 0 aliphatic carbocycles. The van der Waals surface area contributed by atoms with E-state index >= 15 is 0 Å². The number of rotatable bonds is 8. The van der Waals surface area contributed by atoms with Gasteiger partial charge in [-0.05, 0) is 35.9 Å². The van der Waals surface area contributed by atoms with Gasteiger partial charge in [0, 0.05) is 12.1 Å². The molecule has 142 valence electrons. The molecule has 0 aromatic heterocycles. The Hall–Kier alpha value is -3.32. The number of ether oxygens (including phenoxy) is 2. The van der Waals surface area contributed by atoms with Crippen molar-refractivity contribution in [2.45, 2.75) is 0 Å². The Morgan fingerprint density at radius 3 is 2.37 bits per heavy atom. The standard InChI is InChI=1S/C20H22N2O5/c1-26-17-9-8-14(13-18(17)27-2)12-16(20(25)21-10-11-23)22-19(24)15-6-4-3-5-7-15/h3-9,12-13,23H,10-11H2,1-2H3,(H,21,25)(H,22,24). The number of aliphatic hydroxyl groups is 1. The number of amides is 2. The number of hydrogen-bond donors (Lipinski definition) is 3. The van der Waals surface area contributed by atoms with Crippen molar-refractivity contribution >= 4 is 17.9 Å². The number of aliphatic hydroxyl groups excluding tert-OH is 1. The Balaban J connectivity index is 2.32. The van der Waals surface area contributed by atoms with Gasteiger partial charge in [0.1, 0.15) is 5.70 Å². The molecule has 0 bridgehead atoms. The number of methoxy groups -OCH3 is 2. The van der Waals surface area contributed by atoms with Gasteiger partial charge in [-0.25, -0.2) is 0 Å². The first kappa shape index (κ1) is 20.0. The first-order valence-corrected chi connectivity index (χ1v) is 8.28. The number of carbonyl (C=O) groups is 2. The highest BCUT2D eigenvalue weighted by Gasteiger charge is 2.15. The molecule has 7 heteroatoms. The lowest BCUT2D eigenvalue weighted by Gasteiger charge is -2.12. The summed E-state index contributed by atoms with van der Waals surface area (Å²) in [6, 6.07) is 13.7. The quantitative estimate of drug-likeness (QED) is 0.613. The van der Waals surface area contributed by atoms with E-state index in [1.807, 2.05) is 0 Å². The minimum Gasteiger partial charge on any atom is -0.493 e. The van der Waals surface area contributed by atoms with Crippen LogP contribution in [0.5, 0.6) is 11.5 Å². The van der Waals surface area contributed by atoms with Crippen molar-refractivity contribution < 1.29 is 24.2 Å². The molecule has 7 nitrogen and oxygen atoms in total. The molecule has 0 aliphatic rings. The molecule has 2 aromatic rings. The van der Waals surface area contributed by atoms with E-state index < -0.39 is 11.8 Å². The number of nitrogens with one attached hydrogen (secondary N) is 2. The van der Waals surface area contributed by atoms with Gasteiger partial charge in [0.2, 0.25) is 0 Å². The van der Waals surface area contributed by atoms with Gasteiger partial charge >= 0.3 is 0 Å². The van der Waals surface area contributed by atoms with Crippen molar-refractivity contribution in [3.05, 3.63) is 65.4 Å². The molecule has 0 saturated heterocycles. The molecule has 2 aromatic carbocycles. The molecule has 0 heterocycles. The van der Waals surface area contributed by atoms with Gasteiger partial charge in [0.05, 0.1) is 20.8 Å². The fourth-order valence-corrected chi connectivity index (χ4v) is 2.32. The van der Waals surface area contributed by atoms with Crippen LogP contribution in [0.1, 0.15) is 15.9 Å². The highest BCUT2D eigenvalue weighted by Crippen LogP contribution is 2.28. The molecule has 3 N–H and O–H groups in total. The molecule has 27 heavy (non-hydrogen) atoms. The van der Waals surface area contributed by atoms with Crippen molar-refractivity contribution in [1.29, 1.82) is 0 Å². The first-order chi connectivity index (χ1) is 13.1. The van der Waals surface area contributed by atoms with Gasteiger partial charge in [-0.1, -0.05) is 24.3 Å². The van der Waals surface area contributed by atoms with Gasteiger partial charge in [-0.2, -0.15) is 0 Å². The highest BCUT2D eigenvalue weighted by molar-refractivity contribution is 6.05. The third-order valence-corrected chi connectivity index (χ3v) is 3.64. The first-order valence-electron chi connectivity index (χ1n) is 8.28. The lowest BCUT2D eigenvalue weighted by atomic mass is 10.1. The van der Waals surface area contributed by atoms with Crippen LogP contribution in [0, 0.1) is 0 Å². The summed E-state index contributed by atoms with van der Waals surface area (Å²) < 4.78 is 10.5. The third-order valence-electron chi connectivity index (χ3n) is 3.64. The summed E-state index contributed by atoms with van der Waals surface area (Å²) in [4.78, 5) is 24.8. The Morgan fingerprint density at radius 1 is 1.04 bits per heavy atom. The molecule has 2 rings (SSSR count). The fourth-order valence-electron chi connectivity index (χ4n) is 2.32. The van der Waals surface area contributed by atoms with Crippen LogP contribution in [0.25, 0.3) is 6.08 Å². The van der Waals surface area contributed by atoms with Crippen molar-refractivity contribution in [3.8, 4) is 11.5 Å². The minimum atomic E-state index is -0.511. The van der Waals surface area contributed by atoms with Crippen molar-refractivity contribution in [3.63, 3.8) is 0 Å².